The van der Waals surface area contributed by atoms with Gasteiger partial charge in [0.15, 0.2) is 12.4 Å². The lowest BCUT2D eigenvalue weighted by Crippen LogP contribution is -2.32. The number of piperidine rings is 1. The van der Waals surface area contributed by atoms with Crippen LogP contribution in [0.25, 0.3) is 6.08 Å². The van der Waals surface area contributed by atoms with Crippen LogP contribution >= 0.6 is 11.6 Å². The third-order valence-corrected chi connectivity index (χ3v) is 6.01. The molecule has 1 aliphatic heterocycles. The summed E-state index contributed by atoms with van der Waals surface area (Å²) in [5, 5.41) is 4.99. The van der Waals surface area contributed by atoms with Gasteiger partial charge in [-0.15, -0.1) is 0 Å². The van der Waals surface area contributed by atoms with Crippen molar-refractivity contribution in [3.63, 3.8) is 0 Å². The number of halogens is 1. The van der Waals surface area contributed by atoms with Crippen LogP contribution < -0.4 is 4.74 Å². The van der Waals surface area contributed by atoms with Crippen LogP contribution in [0.1, 0.15) is 41.6 Å². The van der Waals surface area contributed by atoms with Gasteiger partial charge in [-0.2, -0.15) is 4.98 Å². The van der Waals surface area contributed by atoms with Gasteiger partial charge < -0.3 is 14.0 Å². The fourth-order valence-corrected chi connectivity index (χ4v) is 3.96. The molecule has 3 aromatic rings. The molecule has 4 rings (SSSR count). The van der Waals surface area contributed by atoms with Gasteiger partial charge in [-0.25, -0.2) is 4.79 Å². The highest BCUT2D eigenvalue weighted by Gasteiger charge is 2.25. The van der Waals surface area contributed by atoms with E-state index >= 15 is 0 Å². The van der Waals surface area contributed by atoms with Crippen molar-refractivity contribution in [2.75, 3.05) is 20.2 Å². The Morgan fingerprint density at radius 2 is 1.94 bits per heavy atom. The lowest BCUT2D eigenvalue weighted by Gasteiger charge is -2.30. The van der Waals surface area contributed by atoms with Gasteiger partial charge in [-0.3, -0.25) is 4.90 Å². The normalized spacial score (nSPS) is 15.1. The first kappa shape index (κ1) is 23.0. The second-order valence-electron chi connectivity index (χ2n) is 7.90. The van der Waals surface area contributed by atoms with Crippen LogP contribution in [0.5, 0.6) is 5.75 Å². The van der Waals surface area contributed by atoms with Crippen LogP contribution in [0.15, 0.2) is 59.1 Å². The molecule has 1 aliphatic rings. The second kappa shape index (κ2) is 11.1. The second-order valence-corrected chi connectivity index (χ2v) is 8.31. The average Bonchev–Trinajstić information content (AvgIpc) is 3.33. The number of hydrogen-bond donors (Lipinski definition) is 0. The smallest absolute Gasteiger partial charge is 0.330 e. The number of benzene rings is 2. The highest BCUT2D eigenvalue weighted by molar-refractivity contribution is 6.31. The highest BCUT2D eigenvalue weighted by Crippen LogP contribution is 2.28. The fraction of sp³-hybridized carbons (Fsp3) is 0.320. The molecule has 172 valence electrons. The van der Waals surface area contributed by atoms with Crippen molar-refractivity contribution in [2.45, 2.75) is 31.9 Å². The van der Waals surface area contributed by atoms with Crippen molar-refractivity contribution >= 4 is 23.6 Å². The van der Waals surface area contributed by atoms with E-state index in [-0.39, 0.29) is 12.5 Å². The molecular formula is C25H26ClN3O4. The topological polar surface area (TPSA) is 77.7 Å². The minimum atomic E-state index is -0.395. The van der Waals surface area contributed by atoms with Crippen molar-refractivity contribution in [1.82, 2.24) is 15.0 Å². The number of hydrogen-bond acceptors (Lipinski definition) is 7. The van der Waals surface area contributed by atoms with E-state index in [4.69, 9.17) is 20.9 Å². The maximum absolute atomic E-state index is 11.2. The number of carbonyl (C=O) groups is 1. The summed E-state index contributed by atoms with van der Waals surface area (Å²) in [6, 6.07) is 15.3. The first-order chi connectivity index (χ1) is 16.1. The molecule has 2 heterocycles. The molecule has 8 heteroatoms. The standard InChI is InChI=1S/C25H26ClN3O4/c1-31-24(30)11-8-18-6-9-21(10-7-18)32-17-23-27-25(28-33-23)19-12-14-29(15-13-19)16-20-4-2-3-5-22(20)26/h2-11,19H,12-17H2,1H3. The molecule has 33 heavy (non-hydrogen) atoms. The monoisotopic (exact) mass is 467 g/mol. The van der Waals surface area contributed by atoms with Crippen molar-refractivity contribution < 1.29 is 18.8 Å². The van der Waals surface area contributed by atoms with Crippen LogP contribution in [0.4, 0.5) is 0 Å². The zero-order valence-corrected chi connectivity index (χ0v) is 19.2. The first-order valence-corrected chi connectivity index (χ1v) is 11.3. The summed E-state index contributed by atoms with van der Waals surface area (Å²) < 4.78 is 15.7. The molecule has 0 amide bonds. The molecule has 0 N–H and O–H groups in total. The van der Waals surface area contributed by atoms with E-state index in [1.807, 2.05) is 42.5 Å². The Bertz CT molecular complexity index is 1090. The van der Waals surface area contributed by atoms with Crippen molar-refractivity contribution in [3.05, 3.63) is 82.5 Å². The molecule has 0 atom stereocenters. The minimum absolute atomic E-state index is 0.204. The van der Waals surface area contributed by atoms with E-state index in [2.05, 4.69) is 25.8 Å². The predicted molar refractivity (Wildman–Crippen MR) is 125 cm³/mol. The summed E-state index contributed by atoms with van der Waals surface area (Å²) in [6.07, 6.45) is 5.01. The molecule has 2 aromatic carbocycles. The average molecular weight is 468 g/mol. The van der Waals surface area contributed by atoms with Gasteiger partial charge in [-0.1, -0.05) is 47.1 Å². The first-order valence-electron chi connectivity index (χ1n) is 10.9. The molecule has 0 spiro atoms. The predicted octanol–water partition coefficient (Wildman–Crippen LogP) is 4.87. The summed E-state index contributed by atoms with van der Waals surface area (Å²) in [7, 11) is 1.35. The zero-order chi connectivity index (χ0) is 23.0. The molecule has 1 fully saturated rings. The third kappa shape index (κ3) is 6.43. The van der Waals surface area contributed by atoms with Crippen LogP contribution in [0, 0.1) is 0 Å². The van der Waals surface area contributed by atoms with Gasteiger partial charge in [-0.05, 0) is 61.3 Å². The van der Waals surface area contributed by atoms with Gasteiger partial charge in [0.1, 0.15) is 5.75 Å². The van der Waals surface area contributed by atoms with Gasteiger partial charge >= 0.3 is 5.97 Å². The lowest BCUT2D eigenvalue weighted by molar-refractivity contribution is -0.134. The van der Waals surface area contributed by atoms with Crippen molar-refractivity contribution in [1.29, 1.82) is 0 Å². The number of nitrogens with zero attached hydrogens (tertiary/aromatic N) is 3. The molecular weight excluding hydrogens is 442 g/mol. The van der Waals surface area contributed by atoms with E-state index in [1.165, 1.54) is 13.2 Å². The molecule has 0 radical (unpaired) electrons. The Kier molecular flexibility index (Phi) is 7.75. The van der Waals surface area contributed by atoms with E-state index in [0.29, 0.717) is 11.6 Å². The van der Waals surface area contributed by atoms with Crippen LogP contribution in [0.3, 0.4) is 0 Å². The third-order valence-electron chi connectivity index (χ3n) is 5.64. The SMILES string of the molecule is COC(=O)C=Cc1ccc(OCc2nc(C3CCN(Cc4ccccc4Cl)CC3)no2)cc1. The Hall–Kier alpha value is -3.16. The number of aromatic nitrogens is 2. The maximum atomic E-state index is 11.2. The lowest BCUT2D eigenvalue weighted by atomic mass is 9.96. The number of ether oxygens (including phenoxy) is 2. The quantitative estimate of drug-likeness (QED) is 0.345. The Morgan fingerprint density at radius 3 is 2.67 bits per heavy atom. The van der Waals surface area contributed by atoms with Crippen LogP contribution in [-0.2, 0) is 22.7 Å². The van der Waals surface area contributed by atoms with E-state index in [9.17, 15) is 4.79 Å². The van der Waals surface area contributed by atoms with Gasteiger partial charge in [0.05, 0.1) is 7.11 Å². The summed E-state index contributed by atoms with van der Waals surface area (Å²) in [4.78, 5) is 18.1. The number of esters is 1. The zero-order valence-electron chi connectivity index (χ0n) is 18.4. The molecule has 1 aromatic heterocycles. The van der Waals surface area contributed by atoms with E-state index < -0.39 is 5.97 Å². The molecule has 0 unspecified atom stereocenters. The number of methoxy groups -OCH3 is 1. The fourth-order valence-electron chi connectivity index (χ4n) is 3.76. The van der Waals surface area contributed by atoms with E-state index in [1.54, 1.807) is 6.08 Å². The van der Waals surface area contributed by atoms with Gasteiger partial charge in [0.25, 0.3) is 5.89 Å². The van der Waals surface area contributed by atoms with Gasteiger partial charge in [0, 0.05) is 23.6 Å². The Morgan fingerprint density at radius 1 is 1.18 bits per heavy atom. The molecule has 1 saturated heterocycles. The van der Waals surface area contributed by atoms with Crippen molar-refractivity contribution in [3.8, 4) is 5.75 Å². The van der Waals surface area contributed by atoms with Crippen LogP contribution in [-0.4, -0.2) is 41.2 Å². The molecule has 0 saturated carbocycles. The number of likely N-dealkylation sites (tertiary alicyclic amines) is 1. The number of rotatable bonds is 8. The largest absolute Gasteiger partial charge is 0.484 e. The summed E-state index contributed by atoms with van der Waals surface area (Å²) in [5.74, 6) is 1.77. The van der Waals surface area contributed by atoms with Crippen molar-refractivity contribution in [2.24, 2.45) is 0 Å². The highest BCUT2D eigenvalue weighted by atomic mass is 35.5. The summed E-state index contributed by atoms with van der Waals surface area (Å²) in [5.41, 5.74) is 2.03. The molecule has 7 nitrogen and oxygen atoms in total. The van der Waals surface area contributed by atoms with Gasteiger partial charge in [0.2, 0.25) is 0 Å². The van der Waals surface area contributed by atoms with Crippen LogP contribution in [0.2, 0.25) is 5.02 Å². The molecule has 0 bridgehead atoms. The summed E-state index contributed by atoms with van der Waals surface area (Å²) in [6.45, 7) is 2.99. The minimum Gasteiger partial charge on any atom is -0.484 e. The Balaban J connectivity index is 1.24. The number of carbonyl (C=O) groups excluding carboxylic acids is 1. The Labute approximate surface area is 198 Å². The summed E-state index contributed by atoms with van der Waals surface area (Å²) >= 11 is 6.29. The maximum Gasteiger partial charge on any atom is 0.330 e. The molecule has 0 aliphatic carbocycles. The van der Waals surface area contributed by atoms with E-state index in [0.717, 1.165) is 54.4 Å².